The van der Waals surface area contributed by atoms with Gasteiger partial charge in [0.25, 0.3) is 5.19 Å². The van der Waals surface area contributed by atoms with Gasteiger partial charge in [0, 0.05) is 6.04 Å². The van der Waals surface area contributed by atoms with E-state index in [9.17, 15) is 0 Å². The lowest BCUT2D eigenvalue weighted by atomic mass is 9.99. The van der Waals surface area contributed by atoms with E-state index in [1.165, 1.54) is 16.9 Å². The fraction of sp³-hybridized carbons (Fsp3) is 0.500. The van der Waals surface area contributed by atoms with Crippen molar-refractivity contribution in [2.75, 3.05) is 0 Å². The molecule has 0 spiro atoms. The molecule has 0 saturated heterocycles. The molecule has 0 fully saturated rings. The third-order valence-electron chi connectivity index (χ3n) is 3.38. The summed E-state index contributed by atoms with van der Waals surface area (Å²) in [5.74, 6) is 1.39. The van der Waals surface area contributed by atoms with E-state index in [-0.39, 0.29) is 0 Å². The first-order chi connectivity index (χ1) is 10.1. The summed E-state index contributed by atoms with van der Waals surface area (Å²) in [6, 6.07) is 8.66. The molecule has 0 bridgehead atoms. The van der Waals surface area contributed by atoms with Gasteiger partial charge in [0.05, 0.1) is 6.54 Å². The van der Waals surface area contributed by atoms with E-state index in [2.05, 4.69) is 55.3 Å². The van der Waals surface area contributed by atoms with E-state index in [0.29, 0.717) is 17.2 Å². The molecule has 0 aliphatic carbocycles. The molecular weight excluding hydrogens is 282 g/mol. The molecule has 1 aromatic carbocycles. The van der Waals surface area contributed by atoms with Crippen LogP contribution in [-0.4, -0.2) is 16.2 Å². The topological polar surface area (TPSA) is 47.0 Å². The Morgan fingerprint density at radius 2 is 1.86 bits per heavy atom. The molecule has 1 aromatic heterocycles. The molecule has 4 nitrogen and oxygen atoms in total. The van der Waals surface area contributed by atoms with Gasteiger partial charge in [0.15, 0.2) is 0 Å². The summed E-state index contributed by atoms with van der Waals surface area (Å²) >= 11 is 1.48. The summed E-state index contributed by atoms with van der Waals surface area (Å²) in [7, 11) is 0. The molecule has 0 radical (unpaired) electrons. The molecule has 1 N–H and O–H groups in total. The monoisotopic (exact) mass is 305 g/mol. The van der Waals surface area contributed by atoms with Crippen LogP contribution in [0.25, 0.3) is 0 Å². The van der Waals surface area contributed by atoms with E-state index in [1.54, 1.807) is 0 Å². The molecule has 0 amide bonds. The van der Waals surface area contributed by atoms with Gasteiger partial charge in [-0.2, -0.15) is 0 Å². The fourth-order valence-electron chi connectivity index (χ4n) is 1.84. The van der Waals surface area contributed by atoms with E-state index in [0.717, 1.165) is 23.7 Å². The van der Waals surface area contributed by atoms with Crippen LogP contribution in [0.5, 0.6) is 10.9 Å². The van der Waals surface area contributed by atoms with Gasteiger partial charge >= 0.3 is 0 Å². The quantitative estimate of drug-likeness (QED) is 0.826. The summed E-state index contributed by atoms with van der Waals surface area (Å²) in [6.45, 7) is 9.37. The smallest absolute Gasteiger partial charge is 0.299 e. The first-order valence-corrected chi connectivity index (χ1v) is 8.23. The van der Waals surface area contributed by atoms with Crippen LogP contribution in [0.1, 0.15) is 50.6 Å². The van der Waals surface area contributed by atoms with Gasteiger partial charge in [-0.05, 0) is 30.0 Å². The Hall–Kier alpha value is -1.46. The van der Waals surface area contributed by atoms with Crippen LogP contribution in [0.4, 0.5) is 0 Å². The highest BCUT2D eigenvalue weighted by Crippen LogP contribution is 2.27. The molecule has 0 aliphatic heterocycles. The molecule has 2 aromatic rings. The number of aromatic nitrogens is 2. The van der Waals surface area contributed by atoms with Gasteiger partial charge in [-0.3, -0.25) is 0 Å². The molecule has 1 heterocycles. The minimum atomic E-state index is 0.436. The Kier molecular flexibility index (Phi) is 5.70. The molecule has 21 heavy (non-hydrogen) atoms. The maximum absolute atomic E-state index is 5.75. The predicted octanol–water partition coefficient (Wildman–Crippen LogP) is 4.34. The van der Waals surface area contributed by atoms with Crippen molar-refractivity contribution >= 4 is 11.3 Å². The lowest BCUT2D eigenvalue weighted by Gasteiger charge is -2.09. The van der Waals surface area contributed by atoms with Crippen LogP contribution in [0.2, 0.25) is 0 Å². The number of hydrogen-bond acceptors (Lipinski definition) is 5. The Morgan fingerprint density at radius 3 is 2.48 bits per heavy atom. The highest BCUT2D eigenvalue weighted by Gasteiger charge is 2.08. The van der Waals surface area contributed by atoms with Crippen LogP contribution in [0, 0.1) is 0 Å². The molecule has 0 aliphatic rings. The maximum atomic E-state index is 5.75. The van der Waals surface area contributed by atoms with Gasteiger partial charge in [-0.15, -0.1) is 5.10 Å². The molecular formula is C16H23N3OS. The third-order valence-corrected chi connectivity index (χ3v) is 4.18. The number of hydrogen-bond donors (Lipinski definition) is 1. The number of rotatable bonds is 7. The van der Waals surface area contributed by atoms with Crippen molar-refractivity contribution in [1.82, 2.24) is 15.5 Å². The normalized spacial score (nSPS) is 12.6. The van der Waals surface area contributed by atoms with Gasteiger partial charge < -0.3 is 10.1 Å². The molecule has 0 saturated carbocycles. The summed E-state index contributed by atoms with van der Waals surface area (Å²) in [5, 5.41) is 13.0. The van der Waals surface area contributed by atoms with E-state index in [1.807, 2.05) is 12.1 Å². The van der Waals surface area contributed by atoms with Crippen LogP contribution in [0.3, 0.4) is 0 Å². The van der Waals surface area contributed by atoms with Crippen molar-refractivity contribution in [3.8, 4) is 10.9 Å². The average molecular weight is 305 g/mol. The van der Waals surface area contributed by atoms with Crippen molar-refractivity contribution < 1.29 is 4.74 Å². The van der Waals surface area contributed by atoms with Gasteiger partial charge in [0.2, 0.25) is 0 Å². The molecule has 1 atom stereocenters. The van der Waals surface area contributed by atoms with Gasteiger partial charge in [0.1, 0.15) is 10.8 Å². The van der Waals surface area contributed by atoms with Crippen LogP contribution in [-0.2, 0) is 6.54 Å². The second-order valence-electron chi connectivity index (χ2n) is 5.48. The maximum Gasteiger partial charge on any atom is 0.299 e. The number of benzene rings is 1. The molecule has 1 unspecified atom stereocenters. The lowest BCUT2D eigenvalue weighted by molar-refractivity contribution is 0.472. The third kappa shape index (κ3) is 4.79. The zero-order valence-corrected chi connectivity index (χ0v) is 13.9. The van der Waals surface area contributed by atoms with Crippen molar-refractivity contribution in [3.63, 3.8) is 0 Å². The number of ether oxygens (including phenoxy) is 1. The summed E-state index contributed by atoms with van der Waals surface area (Å²) in [4.78, 5) is 0. The minimum absolute atomic E-state index is 0.436. The van der Waals surface area contributed by atoms with E-state index >= 15 is 0 Å². The number of nitrogens with one attached hydrogen (secondary N) is 1. The Balaban J connectivity index is 1.95. The van der Waals surface area contributed by atoms with Crippen molar-refractivity contribution in [1.29, 1.82) is 0 Å². The first kappa shape index (κ1) is 15.9. The van der Waals surface area contributed by atoms with Crippen LogP contribution >= 0.6 is 11.3 Å². The molecule has 114 valence electrons. The zero-order chi connectivity index (χ0) is 15.2. The second-order valence-corrected chi connectivity index (χ2v) is 6.50. The van der Waals surface area contributed by atoms with Crippen molar-refractivity contribution in [2.24, 2.45) is 0 Å². The second kappa shape index (κ2) is 7.52. The minimum Gasteiger partial charge on any atom is -0.430 e. The highest BCUT2D eigenvalue weighted by molar-refractivity contribution is 7.13. The van der Waals surface area contributed by atoms with Crippen molar-refractivity contribution in [3.05, 3.63) is 34.8 Å². The lowest BCUT2D eigenvalue weighted by Crippen LogP contribution is -2.21. The fourth-order valence-corrected chi connectivity index (χ4v) is 2.50. The highest BCUT2D eigenvalue weighted by atomic mass is 32.1. The van der Waals surface area contributed by atoms with Crippen LogP contribution in [0.15, 0.2) is 24.3 Å². The Morgan fingerprint density at radius 1 is 1.14 bits per heavy atom. The van der Waals surface area contributed by atoms with Gasteiger partial charge in [-0.1, -0.05) is 56.3 Å². The Labute approximate surface area is 130 Å². The summed E-state index contributed by atoms with van der Waals surface area (Å²) in [5.41, 5.74) is 1.34. The van der Waals surface area contributed by atoms with E-state index in [4.69, 9.17) is 4.74 Å². The number of nitrogens with zero attached hydrogens (tertiary/aromatic N) is 2. The van der Waals surface area contributed by atoms with Crippen LogP contribution < -0.4 is 10.1 Å². The van der Waals surface area contributed by atoms with Gasteiger partial charge in [-0.25, -0.2) is 0 Å². The Bertz CT molecular complexity index is 551. The predicted molar refractivity (Wildman–Crippen MR) is 87.1 cm³/mol. The summed E-state index contributed by atoms with van der Waals surface area (Å²) < 4.78 is 5.75. The first-order valence-electron chi connectivity index (χ1n) is 7.42. The largest absolute Gasteiger partial charge is 0.430 e. The standard InChI is InChI=1S/C16H23N3OS/c1-5-12(4)13-6-8-14(9-7-13)20-16-19-18-15(21-16)10-17-11(2)3/h6-9,11-12,17H,5,10H2,1-4H3. The molecule has 5 heteroatoms. The summed E-state index contributed by atoms with van der Waals surface area (Å²) in [6.07, 6.45) is 1.14. The average Bonchev–Trinajstić information content (AvgIpc) is 2.92. The van der Waals surface area contributed by atoms with E-state index < -0.39 is 0 Å². The molecule has 2 rings (SSSR count). The van der Waals surface area contributed by atoms with Crippen molar-refractivity contribution in [2.45, 2.75) is 52.6 Å². The zero-order valence-electron chi connectivity index (χ0n) is 13.1. The SMILES string of the molecule is CCC(C)c1ccc(Oc2nnc(CNC(C)C)s2)cc1.